The molecular formula is C17H16O5. The van der Waals surface area contributed by atoms with Gasteiger partial charge in [-0.2, -0.15) is 0 Å². The van der Waals surface area contributed by atoms with E-state index in [-0.39, 0.29) is 36.7 Å². The summed E-state index contributed by atoms with van der Waals surface area (Å²) in [5.41, 5.74) is 0.527. The van der Waals surface area contributed by atoms with Gasteiger partial charge in [-0.1, -0.05) is 30.3 Å². The zero-order valence-electron chi connectivity index (χ0n) is 11.9. The van der Waals surface area contributed by atoms with E-state index in [9.17, 15) is 14.7 Å². The van der Waals surface area contributed by atoms with Crippen LogP contribution in [0.3, 0.4) is 0 Å². The average molecular weight is 300 g/mol. The van der Waals surface area contributed by atoms with Crippen LogP contribution in [0.5, 0.6) is 11.5 Å². The monoisotopic (exact) mass is 300 g/mol. The maximum Gasteiger partial charge on any atom is 0.174 e. The molecule has 114 valence electrons. The average Bonchev–Trinajstić information content (AvgIpc) is 2.53. The zero-order chi connectivity index (χ0) is 15.9. The first-order valence-electron chi connectivity index (χ1n) is 6.80. The van der Waals surface area contributed by atoms with E-state index in [1.165, 1.54) is 18.2 Å². The van der Waals surface area contributed by atoms with Gasteiger partial charge >= 0.3 is 0 Å². The number of hydrogen-bond acceptors (Lipinski definition) is 5. The molecule has 0 heterocycles. The quantitative estimate of drug-likeness (QED) is 0.605. The fourth-order valence-corrected chi connectivity index (χ4v) is 1.97. The summed E-state index contributed by atoms with van der Waals surface area (Å²) in [5, 5.41) is 18.5. The van der Waals surface area contributed by atoms with Gasteiger partial charge in [0.15, 0.2) is 11.6 Å². The number of Topliss-reactive ketones (excluding diaryl/α,β-unsaturated/α-hetero) is 2. The van der Waals surface area contributed by atoms with E-state index in [1.54, 1.807) is 30.3 Å². The first-order valence-corrected chi connectivity index (χ1v) is 6.80. The van der Waals surface area contributed by atoms with Crippen molar-refractivity contribution >= 4 is 11.6 Å². The second kappa shape index (κ2) is 7.38. The number of ether oxygens (including phenoxy) is 1. The number of phenols is 1. The third kappa shape index (κ3) is 3.93. The Labute approximate surface area is 127 Å². The number of carbonyl (C=O) groups excluding carboxylic acids is 2. The van der Waals surface area contributed by atoms with E-state index < -0.39 is 5.78 Å². The Bertz CT molecular complexity index is 664. The van der Waals surface area contributed by atoms with E-state index in [2.05, 4.69) is 0 Å². The van der Waals surface area contributed by atoms with Crippen molar-refractivity contribution in [2.45, 2.75) is 6.42 Å². The second-order valence-corrected chi connectivity index (χ2v) is 4.64. The molecule has 0 radical (unpaired) electrons. The normalized spacial score (nSPS) is 10.2. The predicted octanol–water partition coefficient (Wildman–Crippen LogP) is 2.22. The van der Waals surface area contributed by atoms with E-state index in [0.717, 1.165) is 0 Å². The number of ketones is 2. The van der Waals surface area contributed by atoms with Crippen LogP contribution in [0, 0.1) is 0 Å². The molecular weight excluding hydrogens is 284 g/mol. The number of phenolic OH excluding ortho intramolecular Hbond substituents is 1. The highest BCUT2D eigenvalue weighted by Crippen LogP contribution is 2.25. The molecule has 0 fully saturated rings. The molecule has 2 aromatic rings. The van der Waals surface area contributed by atoms with Gasteiger partial charge in [-0.3, -0.25) is 9.59 Å². The minimum absolute atomic E-state index is 0.0700. The highest BCUT2D eigenvalue weighted by molar-refractivity contribution is 6.14. The molecule has 2 N–H and O–H groups in total. The summed E-state index contributed by atoms with van der Waals surface area (Å²) in [4.78, 5) is 24.1. The van der Waals surface area contributed by atoms with Crippen LogP contribution in [0.15, 0.2) is 48.5 Å². The Balaban J connectivity index is 2.08. The van der Waals surface area contributed by atoms with Crippen LogP contribution in [-0.4, -0.2) is 35.0 Å². The number of aliphatic hydroxyl groups excluding tert-OH is 1. The minimum atomic E-state index is -0.458. The van der Waals surface area contributed by atoms with Crippen LogP contribution in [0.2, 0.25) is 0 Å². The van der Waals surface area contributed by atoms with Gasteiger partial charge in [-0.15, -0.1) is 0 Å². The summed E-state index contributed by atoms with van der Waals surface area (Å²) in [5.74, 6) is -0.663. The first-order chi connectivity index (χ1) is 10.6. The van der Waals surface area contributed by atoms with Crippen molar-refractivity contribution in [1.29, 1.82) is 0 Å². The van der Waals surface area contributed by atoms with Crippen molar-refractivity contribution in [3.05, 3.63) is 59.7 Å². The Morgan fingerprint density at radius 2 is 1.73 bits per heavy atom. The summed E-state index contributed by atoms with van der Waals surface area (Å²) in [6, 6.07) is 12.7. The van der Waals surface area contributed by atoms with Crippen molar-refractivity contribution in [1.82, 2.24) is 0 Å². The van der Waals surface area contributed by atoms with Crippen molar-refractivity contribution < 1.29 is 24.5 Å². The lowest BCUT2D eigenvalue weighted by atomic mass is 10.0. The fraction of sp³-hybridized carbons (Fsp3) is 0.176. The summed E-state index contributed by atoms with van der Waals surface area (Å²) in [6.45, 7) is -0.0494. The zero-order valence-corrected chi connectivity index (χ0v) is 11.9. The molecule has 0 amide bonds. The molecule has 5 nitrogen and oxygen atoms in total. The minimum Gasteiger partial charge on any atom is -0.507 e. The van der Waals surface area contributed by atoms with Crippen molar-refractivity contribution in [3.8, 4) is 11.5 Å². The number of benzene rings is 2. The molecule has 0 aliphatic heterocycles. The molecule has 0 spiro atoms. The molecule has 5 heteroatoms. The van der Waals surface area contributed by atoms with Crippen LogP contribution < -0.4 is 4.74 Å². The van der Waals surface area contributed by atoms with Crippen LogP contribution in [0.1, 0.15) is 27.1 Å². The van der Waals surface area contributed by atoms with E-state index in [4.69, 9.17) is 9.84 Å². The highest BCUT2D eigenvalue weighted by Gasteiger charge is 2.17. The van der Waals surface area contributed by atoms with Gasteiger partial charge in [0.1, 0.15) is 18.1 Å². The third-order valence-corrected chi connectivity index (χ3v) is 3.05. The third-order valence-electron chi connectivity index (χ3n) is 3.05. The molecule has 0 atom stereocenters. The van der Waals surface area contributed by atoms with Gasteiger partial charge in [-0.25, -0.2) is 0 Å². The second-order valence-electron chi connectivity index (χ2n) is 4.64. The standard InChI is InChI=1S/C17H16O5/c18-8-9-22-13-6-7-14(16(20)10-13)17(21)11-15(19)12-4-2-1-3-5-12/h1-7,10,18,20H,8-9,11H2. The molecule has 0 unspecified atom stereocenters. The van der Waals surface area contributed by atoms with Gasteiger partial charge in [-0.05, 0) is 12.1 Å². The van der Waals surface area contributed by atoms with Crippen molar-refractivity contribution in [2.24, 2.45) is 0 Å². The Morgan fingerprint density at radius 1 is 1.00 bits per heavy atom. The number of aromatic hydroxyl groups is 1. The molecule has 2 aromatic carbocycles. The van der Waals surface area contributed by atoms with Crippen LogP contribution in [-0.2, 0) is 0 Å². The maximum absolute atomic E-state index is 12.1. The summed E-state index contributed by atoms with van der Waals surface area (Å²) >= 11 is 0. The van der Waals surface area contributed by atoms with E-state index in [0.29, 0.717) is 11.3 Å². The molecule has 0 saturated carbocycles. The highest BCUT2D eigenvalue weighted by atomic mass is 16.5. The summed E-state index contributed by atoms with van der Waals surface area (Å²) in [7, 11) is 0. The van der Waals surface area contributed by atoms with E-state index in [1.807, 2.05) is 0 Å². The van der Waals surface area contributed by atoms with Gasteiger partial charge in [0.2, 0.25) is 0 Å². The largest absolute Gasteiger partial charge is 0.507 e. The SMILES string of the molecule is O=C(CC(=O)c1ccc(OCCO)cc1O)c1ccccc1. The van der Waals surface area contributed by atoms with Crippen LogP contribution in [0.4, 0.5) is 0 Å². The van der Waals surface area contributed by atoms with Crippen LogP contribution >= 0.6 is 0 Å². The molecule has 0 aromatic heterocycles. The smallest absolute Gasteiger partial charge is 0.174 e. The lowest BCUT2D eigenvalue weighted by Crippen LogP contribution is -2.09. The molecule has 0 aliphatic rings. The Morgan fingerprint density at radius 3 is 2.36 bits per heavy atom. The molecule has 2 rings (SSSR count). The molecule has 22 heavy (non-hydrogen) atoms. The number of carbonyl (C=O) groups is 2. The number of hydrogen-bond donors (Lipinski definition) is 2. The summed E-state index contributed by atoms with van der Waals surface area (Å²) < 4.78 is 5.13. The van der Waals surface area contributed by atoms with E-state index >= 15 is 0 Å². The van der Waals surface area contributed by atoms with Gasteiger partial charge < -0.3 is 14.9 Å². The molecule has 0 bridgehead atoms. The van der Waals surface area contributed by atoms with Gasteiger partial charge in [0, 0.05) is 11.6 Å². The van der Waals surface area contributed by atoms with Crippen molar-refractivity contribution in [2.75, 3.05) is 13.2 Å². The Kier molecular flexibility index (Phi) is 5.27. The topological polar surface area (TPSA) is 83.8 Å². The van der Waals surface area contributed by atoms with Gasteiger partial charge in [0.25, 0.3) is 0 Å². The number of aliphatic hydroxyl groups is 1. The van der Waals surface area contributed by atoms with Crippen molar-refractivity contribution in [3.63, 3.8) is 0 Å². The Hall–Kier alpha value is -2.66. The molecule has 0 saturated heterocycles. The summed E-state index contributed by atoms with van der Waals surface area (Å²) in [6.07, 6.45) is -0.311. The first kappa shape index (κ1) is 15.7. The fourth-order valence-electron chi connectivity index (χ4n) is 1.97. The van der Waals surface area contributed by atoms with Gasteiger partial charge in [0.05, 0.1) is 18.6 Å². The number of rotatable bonds is 7. The maximum atomic E-state index is 12.1. The lowest BCUT2D eigenvalue weighted by Gasteiger charge is -2.08. The molecule has 0 aliphatic carbocycles. The lowest BCUT2D eigenvalue weighted by molar-refractivity contribution is 0.0893. The predicted molar refractivity (Wildman–Crippen MR) is 80.4 cm³/mol. The van der Waals surface area contributed by atoms with Crippen LogP contribution in [0.25, 0.3) is 0 Å².